The number of ketones is 1. The minimum absolute atomic E-state index is 0.122. The molecule has 0 atom stereocenters. The first-order chi connectivity index (χ1) is 16.3. The van der Waals surface area contributed by atoms with Crippen LogP contribution in [0.4, 0.5) is 0 Å². The van der Waals surface area contributed by atoms with Crippen LogP contribution in [0.1, 0.15) is 45.8 Å². The molecule has 10 heteroatoms. The van der Waals surface area contributed by atoms with Gasteiger partial charge in [0.25, 0.3) is 5.56 Å². The molecule has 0 saturated carbocycles. The lowest BCUT2D eigenvalue weighted by Crippen LogP contribution is -2.27. The van der Waals surface area contributed by atoms with E-state index >= 15 is 0 Å². The molecule has 34 heavy (non-hydrogen) atoms. The monoisotopic (exact) mass is 481 g/mol. The molecule has 0 bridgehead atoms. The van der Waals surface area contributed by atoms with Gasteiger partial charge in [0.2, 0.25) is 10.0 Å². The summed E-state index contributed by atoms with van der Waals surface area (Å²) in [4.78, 5) is 42.2. The van der Waals surface area contributed by atoms with Gasteiger partial charge in [0.1, 0.15) is 5.82 Å². The van der Waals surface area contributed by atoms with E-state index in [2.05, 4.69) is 4.98 Å². The molecule has 9 nitrogen and oxygen atoms in total. The van der Waals surface area contributed by atoms with Crippen molar-refractivity contribution in [1.29, 1.82) is 0 Å². The van der Waals surface area contributed by atoms with Crippen LogP contribution in [0.15, 0.2) is 52.2 Å². The van der Waals surface area contributed by atoms with Crippen LogP contribution in [0.2, 0.25) is 0 Å². The predicted molar refractivity (Wildman–Crippen MR) is 123 cm³/mol. The first-order valence-corrected chi connectivity index (χ1v) is 12.6. The molecule has 0 radical (unpaired) electrons. The summed E-state index contributed by atoms with van der Waals surface area (Å²) in [6.45, 7) is 1.16. The zero-order chi connectivity index (χ0) is 23.9. The minimum Gasteiger partial charge on any atom is -0.454 e. The summed E-state index contributed by atoms with van der Waals surface area (Å²) in [6.07, 6.45) is 3.26. The van der Waals surface area contributed by atoms with E-state index in [1.165, 1.54) is 40.7 Å². The van der Waals surface area contributed by atoms with Crippen LogP contribution < -0.4 is 5.56 Å². The third-order valence-electron chi connectivity index (χ3n) is 6.27. The highest BCUT2D eigenvalue weighted by atomic mass is 32.2. The zero-order valence-electron chi connectivity index (χ0n) is 18.4. The van der Waals surface area contributed by atoms with E-state index in [-0.39, 0.29) is 21.6 Å². The summed E-state index contributed by atoms with van der Waals surface area (Å²) in [6, 6.07) is 10.2. The lowest BCUT2D eigenvalue weighted by Gasteiger charge is -2.15. The van der Waals surface area contributed by atoms with Gasteiger partial charge in [-0.2, -0.15) is 4.31 Å². The second-order valence-electron chi connectivity index (χ2n) is 8.46. The fraction of sp³-hybridized carbons (Fsp3) is 0.333. The van der Waals surface area contributed by atoms with Crippen molar-refractivity contribution in [1.82, 2.24) is 13.9 Å². The largest absolute Gasteiger partial charge is 0.454 e. The smallest absolute Gasteiger partial charge is 0.338 e. The zero-order valence-corrected chi connectivity index (χ0v) is 19.2. The Hall–Kier alpha value is -3.37. The number of carbonyl (C=O) groups excluding carboxylic acids is 2. The molecule has 5 rings (SSSR count). The summed E-state index contributed by atoms with van der Waals surface area (Å²) < 4.78 is 33.5. The number of aryl methyl sites for hydroxylation is 1. The second-order valence-corrected chi connectivity index (χ2v) is 10.4. The number of esters is 1. The van der Waals surface area contributed by atoms with Crippen LogP contribution in [0, 0.1) is 0 Å². The maximum atomic E-state index is 12.6. The van der Waals surface area contributed by atoms with Crippen LogP contribution in [0.5, 0.6) is 0 Å². The minimum atomic E-state index is -3.56. The number of hydrogen-bond donors (Lipinski definition) is 0. The maximum Gasteiger partial charge on any atom is 0.338 e. The number of Topliss-reactive ketones (excluding diaryl/α,β-unsaturated/α-hetero) is 1. The summed E-state index contributed by atoms with van der Waals surface area (Å²) >= 11 is 0. The van der Waals surface area contributed by atoms with Crippen molar-refractivity contribution in [2.24, 2.45) is 0 Å². The molecular weight excluding hydrogens is 458 g/mol. The molecule has 0 unspecified atom stereocenters. The van der Waals surface area contributed by atoms with Gasteiger partial charge in [0.05, 0.1) is 21.4 Å². The molecule has 2 aliphatic rings. The van der Waals surface area contributed by atoms with Gasteiger partial charge < -0.3 is 4.74 Å². The normalized spacial score (nSPS) is 16.0. The summed E-state index contributed by atoms with van der Waals surface area (Å²) in [5.41, 5.74) is 0.746. The highest BCUT2D eigenvalue weighted by Gasteiger charge is 2.27. The summed E-state index contributed by atoms with van der Waals surface area (Å²) in [5.74, 6) is -0.451. The average molecular weight is 482 g/mol. The number of sulfonamides is 1. The van der Waals surface area contributed by atoms with E-state index in [0.29, 0.717) is 42.8 Å². The number of aromatic nitrogens is 2. The quantitative estimate of drug-likeness (QED) is 0.391. The Labute approximate surface area is 196 Å². The Kier molecular flexibility index (Phi) is 5.78. The van der Waals surface area contributed by atoms with E-state index in [1.807, 2.05) is 0 Å². The third-order valence-corrected chi connectivity index (χ3v) is 8.18. The van der Waals surface area contributed by atoms with E-state index in [9.17, 15) is 22.8 Å². The van der Waals surface area contributed by atoms with Crippen molar-refractivity contribution in [3.05, 3.63) is 69.8 Å². The van der Waals surface area contributed by atoms with Gasteiger partial charge in [-0.25, -0.2) is 18.2 Å². The fourth-order valence-electron chi connectivity index (χ4n) is 4.40. The Bertz CT molecular complexity index is 1450. The average Bonchev–Trinajstić information content (AvgIpc) is 3.55. The van der Waals surface area contributed by atoms with Crippen molar-refractivity contribution in [3.8, 4) is 0 Å². The van der Waals surface area contributed by atoms with Gasteiger partial charge in [-0.05, 0) is 61.7 Å². The number of rotatable bonds is 6. The fourth-order valence-corrected chi connectivity index (χ4v) is 5.92. The van der Waals surface area contributed by atoms with Gasteiger partial charge in [0, 0.05) is 31.6 Å². The van der Waals surface area contributed by atoms with Crippen LogP contribution in [-0.4, -0.2) is 53.7 Å². The lowest BCUT2D eigenvalue weighted by atomic mass is 10.1. The lowest BCUT2D eigenvalue weighted by molar-refractivity contribution is 0.0475. The number of fused-ring (bicyclic) bond motifs is 2. The number of ether oxygens (including phenoxy) is 1. The Morgan fingerprint density at radius 3 is 2.38 bits per heavy atom. The molecule has 0 N–H and O–H groups in total. The number of hydrogen-bond acceptors (Lipinski definition) is 7. The first kappa shape index (κ1) is 22.4. The first-order valence-electron chi connectivity index (χ1n) is 11.2. The maximum absolute atomic E-state index is 12.6. The molecule has 3 heterocycles. The molecule has 0 amide bonds. The highest BCUT2D eigenvalue weighted by Crippen LogP contribution is 2.21. The molecule has 1 fully saturated rings. The molecule has 176 valence electrons. The molecule has 1 saturated heterocycles. The van der Waals surface area contributed by atoms with E-state index < -0.39 is 28.4 Å². The van der Waals surface area contributed by atoms with Crippen LogP contribution >= 0.6 is 0 Å². The molecular formula is C24H23N3O6S. The van der Waals surface area contributed by atoms with E-state index in [4.69, 9.17) is 4.74 Å². The van der Waals surface area contributed by atoms with Crippen molar-refractivity contribution < 1.29 is 22.7 Å². The molecule has 2 aliphatic heterocycles. The molecule has 0 spiro atoms. The van der Waals surface area contributed by atoms with Gasteiger partial charge >= 0.3 is 5.97 Å². The summed E-state index contributed by atoms with van der Waals surface area (Å²) in [7, 11) is -3.56. The number of nitrogens with zero attached hydrogens (tertiary/aromatic N) is 3. The predicted octanol–water partition coefficient (Wildman–Crippen LogP) is 2.17. The topological polar surface area (TPSA) is 116 Å². The van der Waals surface area contributed by atoms with Crippen LogP contribution in [-0.2, 0) is 27.7 Å². The summed E-state index contributed by atoms with van der Waals surface area (Å²) in [5, 5.41) is 0.433. The van der Waals surface area contributed by atoms with Crippen molar-refractivity contribution in [2.45, 2.75) is 37.1 Å². The van der Waals surface area contributed by atoms with Crippen molar-refractivity contribution >= 4 is 32.7 Å². The Morgan fingerprint density at radius 2 is 1.65 bits per heavy atom. The Morgan fingerprint density at radius 1 is 0.941 bits per heavy atom. The van der Waals surface area contributed by atoms with Gasteiger partial charge in [0.15, 0.2) is 12.4 Å². The molecule has 1 aromatic heterocycles. The van der Waals surface area contributed by atoms with Crippen molar-refractivity contribution in [2.75, 3.05) is 19.7 Å². The van der Waals surface area contributed by atoms with E-state index in [1.54, 1.807) is 10.6 Å². The Balaban J connectivity index is 1.26. The third kappa shape index (κ3) is 4.03. The highest BCUT2D eigenvalue weighted by molar-refractivity contribution is 7.89. The van der Waals surface area contributed by atoms with Crippen molar-refractivity contribution in [3.63, 3.8) is 0 Å². The standard InChI is InChI=1S/C24H23N3O6S/c28-21(16-5-8-18(9-6-16)34(31,32)26-11-1-2-12-26)15-33-24(30)17-7-10-19-20(14-17)25-22-4-3-13-27(22)23(19)29/h5-10,14H,1-4,11-13,15H2. The SMILES string of the molecule is O=C(COC(=O)c1ccc2c(=O)n3c(nc2c1)CCC3)c1ccc(S(=O)(=O)N2CCCC2)cc1. The second kappa shape index (κ2) is 8.77. The van der Waals surface area contributed by atoms with Gasteiger partial charge in [-0.15, -0.1) is 0 Å². The van der Waals surface area contributed by atoms with E-state index in [0.717, 1.165) is 19.3 Å². The molecule has 0 aliphatic carbocycles. The van der Waals surface area contributed by atoms with Gasteiger partial charge in [-0.3, -0.25) is 14.2 Å². The van der Waals surface area contributed by atoms with Crippen LogP contribution in [0.25, 0.3) is 10.9 Å². The molecule has 2 aromatic carbocycles. The number of benzene rings is 2. The molecule has 3 aromatic rings. The van der Waals surface area contributed by atoms with Crippen LogP contribution in [0.3, 0.4) is 0 Å². The number of carbonyl (C=O) groups is 2. The van der Waals surface area contributed by atoms with Gasteiger partial charge in [-0.1, -0.05) is 0 Å².